The summed E-state index contributed by atoms with van der Waals surface area (Å²) in [5, 5.41) is 0. The molecule has 1 aromatic carbocycles. The molecular weight excluding hydrogens is 310 g/mol. The SMILES string of the molecule is COCCN(CCOC)Cc1cc(Br)ccc1OC. The molecule has 108 valence electrons. The molecule has 0 amide bonds. The first-order valence-corrected chi connectivity index (χ1v) is 7.03. The first-order valence-electron chi connectivity index (χ1n) is 6.24. The highest BCUT2D eigenvalue weighted by Crippen LogP contribution is 2.24. The van der Waals surface area contributed by atoms with Gasteiger partial charge in [-0.05, 0) is 18.2 Å². The molecule has 0 unspecified atom stereocenters. The van der Waals surface area contributed by atoms with Gasteiger partial charge in [0.25, 0.3) is 0 Å². The minimum atomic E-state index is 0.708. The van der Waals surface area contributed by atoms with Crippen LogP contribution in [0.1, 0.15) is 5.56 Å². The van der Waals surface area contributed by atoms with E-state index in [4.69, 9.17) is 14.2 Å². The molecule has 0 aromatic heterocycles. The number of methoxy groups -OCH3 is 3. The molecular formula is C14H22BrNO3. The van der Waals surface area contributed by atoms with Gasteiger partial charge in [-0.15, -0.1) is 0 Å². The Morgan fingerprint density at radius 1 is 1.05 bits per heavy atom. The van der Waals surface area contributed by atoms with E-state index in [9.17, 15) is 0 Å². The number of halogens is 1. The van der Waals surface area contributed by atoms with Crippen LogP contribution in [0.4, 0.5) is 0 Å². The van der Waals surface area contributed by atoms with E-state index in [1.807, 2.05) is 12.1 Å². The molecule has 0 saturated heterocycles. The van der Waals surface area contributed by atoms with Gasteiger partial charge in [-0.1, -0.05) is 15.9 Å². The van der Waals surface area contributed by atoms with Gasteiger partial charge in [-0.25, -0.2) is 0 Å². The monoisotopic (exact) mass is 331 g/mol. The number of hydrogen-bond acceptors (Lipinski definition) is 4. The molecule has 4 nitrogen and oxygen atoms in total. The average molecular weight is 332 g/mol. The lowest BCUT2D eigenvalue weighted by atomic mass is 10.2. The Hall–Kier alpha value is -0.620. The zero-order chi connectivity index (χ0) is 14.1. The Labute approximate surface area is 123 Å². The maximum Gasteiger partial charge on any atom is 0.123 e. The molecule has 1 rings (SSSR count). The lowest BCUT2D eigenvalue weighted by Crippen LogP contribution is -2.30. The molecule has 1 aromatic rings. The third kappa shape index (κ3) is 5.91. The Morgan fingerprint density at radius 3 is 2.21 bits per heavy atom. The van der Waals surface area contributed by atoms with E-state index in [-0.39, 0.29) is 0 Å². The summed E-state index contributed by atoms with van der Waals surface area (Å²) in [5.74, 6) is 0.906. The molecule has 0 heterocycles. The molecule has 0 aliphatic heterocycles. The maximum atomic E-state index is 5.40. The zero-order valence-electron chi connectivity index (χ0n) is 11.8. The van der Waals surface area contributed by atoms with Crippen LogP contribution in [0.3, 0.4) is 0 Å². The molecule has 5 heteroatoms. The van der Waals surface area contributed by atoms with Gasteiger partial charge in [0.15, 0.2) is 0 Å². The van der Waals surface area contributed by atoms with Gasteiger partial charge in [0, 0.05) is 43.9 Å². The summed E-state index contributed by atoms with van der Waals surface area (Å²) in [6, 6.07) is 6.05. The highest BCUT2D eigenvalue weighted by atomic mass is 79.9. The second-order valence-corrected chi connectivity index (χ2v) is 5.13. The van der Waals surface area contributed by atoms with Gasteiger partial charge in [0.1, 0.15) is 5.75 Å². The van der Waals surface area contributed by atoms with Crippen molar-refractivity contribution >= 4 is 15.9 Å². The van der Waals surface area contributed by atoms with Crippen LogP contribution in [-0.2, 0) is 16.0 Å². The van der Waals surface area contributed by atoms with Gasteiger partial charge >= 0.3 is 0 Å². The van der Waals surface area contributed by atoms with Crippen molar-refractivity contribution in [3.8, 4) is 5.75 Å². The summed E-state index contributed by atoms with van der Waals surface area (Å²) in [5.41, 5.74) is 1.16. The van der Waals surface area contributed by atoms with Crippen molar-refractivity contribution in [3.63, 3.8) is 0 Å². The minimum absolute atomic E-state index is 0.708. The van der Waals surface area contributed by atoms with Crippen molar-refractivity contribution in [2.75, 3.05) is 47.6 Å². The molecule has 19 heavy (non-hydrogen) atoms. The second kappa shape index (κ2) is 9.31. The summed E-state index contributed by atoms with van der Waals surface area (Å²) in [7, 11) is 5.13. The van der Waals surface area contributed by atoms with Gasteiger partial charge in [0.05, 0.1) is 20.3 Å². The van der Waals surface area contributed by atoms with Crippen molar-refractivity contribution in [3.05, 3.63) is 28.2 Å². The molecule has 0 bridgehead atoms. The summed E-state index contributed by atoms with van der Waals surface area (Å²) < 4.78 is 16.8. The molecule has 0 atom stereocenters. The zero-order valence-corrected chi connectivity index (χ0v) is 13.4. The topological polar surface area (TPSA) is 30.9 Å². The fourth-order valence-corrected chi connectivity index (χ4v) is 2.23. The minimum Gasteiger partial charge on any atom is -0.496 e. The predicted molar refractivity (Wildman–Crippen MR) is 79.7 cm³/mol. The van der Waals surface area contributed by atoms with Crippen molar-refractivity contribution in [2.45, 2.75) is 6.54 Å². The van der Waals surface area contributed by atoms with Crippen LogP contribution in [0.5, 0.6) is 5.75 Å². The third-order valence-electron chi connectivity index (χ3n) is 2.86. The summed E-state index contributed by atoms with van der Waals surface area (Å²) in [6.07, 6.45) is 0. The first-order chi connectivity index (χ1) is 9.21. The molecule has 0 aliphatic carbocycles. The van der Waals surface area contributed by atoms with Gasteiger partial charge < -0.3 is 14.2 Å². The van der Waals surface area contributed by atoms with Crippen LogP contribution in [-0.4, -0.2) is 52.5 Å². The standard InChI is InChI=1S/C14H22BrNO3/c1-17-8-6-16(7-9-18-2)11-12-10-13(15)4-5-14(12)19-3/h4-5,10H,6-9,11H2,1-3H3. The molecule has 0 spiro atoms. The van der Waals surface area contributed by atoms with Crippen LogP contribution in [0.25, 0.3) is 0 Å². The summed E-state index contributed by atoms with van der Waals surface area (Å²) in [6.45, 7) is 3.97. The fourth-order valence-electron chi connectivity index (χ4n) is 1.82. The number of rotatable bonds is 9. The van der Waals surface area contributed by atoms with E-state index in [0.717, 1.165) is 35.4 Å². The van der Waals surface area contributed by atoms with Gasteiger partial charge in [0.2, 0.25) is 0 Å². The van der Waals surface area contributed by atoms with Crippen LogP contribution in [0, 0.1) is 0 Å². The van der Waals surface area contributed by atoms with Gasteiger partial charge in [-0.2, -0.15) is 0 Å². The van der Waals surface area contributed by atoms with E-state index in [1.54, 1.807) is 21.3 Å². The van der Waals surface area contributed by atoms with Crippen LogP contribution in [0.15, 0.2) is 22.7 Å². The van der Waals surface area contributed by atoms with Crippen LogP contribution >= 0.6 is 15.9 Å². The summed E-state index contributed by atoms with van der Waals surface area (Å²) in [4.78, 5) is 2.29. The quantitative estimate of drug-likeness (QED) is 0.695. The maximum absolute atomic E-state index is 5.40. The largest absolute Gasteiger partial charge is 0.496 e. The molecule has 0 aliphatic rings. The molecule has 0 saturated carbocycles. The number of nitrogens with zero attached hydrogens (tertiary/aromatic N) is 1. The molecule has 0 fully saturated rings. The smallest absolute Gasteiger partial charge is 0.123 e. The van der Waals surface area contributed by atoms with Gasteiger partial charge in [-0.3, -0.25) is 4.90 Å². The number of hydrogen-bond donors (Lipinski definition) is 0. The van der Waals surface area contributed by atoms with E-state index < -0.39 is 0 Å². The average Bonchev–Trinajstić information content (AvgIpc) is 2.42. The highest BCUT2D eigenvalue weighted by Gasteiger charge is 2.10. The normalized spacial score (nSPS) is 11.0. The van der Waals surface area contributed by atoms with E-state index in [2.05, 4.69) is 26.9 Å². The van der Waals surface area contributed by atoms with Crippen molar-refractivity contribution in [1.82, 2.24) is 4.90 Å². The fraction of sp³-hybridized carbons (Fsp3) is 0.571. The molecule has 0 radical (unpaired) electrons. The Kier molecular flexibility index (Phi) is 8.05. The van der Waals surface area contributed by atoms with E-state index in [0.29, 0.717) is 13.2 Å². The third-order valence-corrected chi connectivity index (χ3v) is 3.35. The van der Waals surface area contributed by atoms with Crippen molar-refractivity contribution in [2.24, 2.45) is 0 Å². The Bertz CT molecular complexity index is 366. The Morgan fingerprint density at radius 2 is 1.68 bits per heavy atom. The van der Waals surface area contributed by atoms with E-state index in [1.165, 1.54) is 0 Å². The number of benzene rings is 1. The summed E-state index contributed by atoms with van der Waals surface area (Å²) >= 11 is 3.50. The first kappa shape index (κ1) is 16.4. The molecule has 0 N–H and O–H groups in total. The predicted octanol–water partition coefficient (Wildman–Crippen LogP) is 2.55. The van der Waals surface area contributed by atoms with Crippen molar-refractivity contribution in [1.29, 1.82) is 0 Å². The van der Waals surface area contributed by atoms with Crippen molar-refractivity contribution < 1.29 is 14.2 Å². The van der Waals surface area contributed by atoms with Crippen LogP contribution in [0.2, 0.25) is 0 Å². The Balaban J connectivity index is 2.72. The lowest BCUT2D eigenvalue weighted by molar-refractivity contribution is 0.110. The van der Waals surface area contributed by atoms with E-state index >= 15 is 0 Å². The lowest BCUT2D eigenvalue weighted by Gasteiger charge is -2.22. The number of ether oxygens (including phenoxy) is 3. The van der Waals surface area contributed by atoms with Crippen LogP contribution < -0.4 is 4.74 Å². The second-order valence-electron chi connectivity index (χ2n) is 4.22. The highest BCUT2D eigenvalue weighted by molar-refractivity contribution is 9.10.